The molecule has 0 saturated carbocycles. The number of hydrogen-bond donors (Lipinski definition) is 0. The fourth-order valence-corrected chi connectivity index (χ4v) is 0.361. The molecule has 0 saturated heterocycles. The molecule has 0 aliphatic rings. The summed E-state index contributed by atoms with van der Waals surface area (Å²) in [5.74, 6) is 0. The lowest BCUT2D eigenvalue weighted by Gasteiger charge is -1.63. The molecule has 1 rings (SSSR count). The van der Waals surface area contributed by atoms with Crippen molar-refractivity contribution >= 4 is 20.8 Å². The van der Waals surface area contributed by atoms with Crippen LogP contribution in [0.2, 0.25) is 0 Å². The van der Waals surface area contributed by atoms with Gasteiger partial charge in [0.05, 0.1) is 0 Å². The van der Waals surface area contributed by atoms with Crippen LogP contribution in [0, 0.1) is 0 Å². The van der Waals surface area contributed by atoms with Crippen LogP contribution in [0.4, 0.5) is 0 Å². The van der Waals surface area contributed by atoms with Gasteiger partial charge in [-0.1, -0.05) is 0 Å². The number of hydrogen-bond acceptors (Lipinski definition) is 2. The van der Waals surface area contributed by atoms with Gasteiger partial charge in [0.2, 0.25) is 16.3 Å². The molecule has 0 bridgehead atoms. The van der Waals surface area contributed by atoms with Crippen molar-refractivity contribution in [3.8, 4) is 0 Å². The first kappa shape index (κ1) is 3.92. The first-order valence-corrected chi connectivity index (χ1v) is 2.13. The maximum atomic E-state index is 4.44. The number of nitrogens with zero attached hydrogens (tertiary/aromatic N) is 1. The van der Waals surface area contributed by atoms with E-state index in [1.165, 1.54) is 6.26 Å². The summed E-state index contributed by atoms with van der Waals surface area (Å²) in [6, 6.07) is 1.77. The van der Waals surface area contributed by atoms with Crippen LogP contribution in [-0.2, 0) is 0 Å². The van der Waals surface area contributed by atoms with Crippen LogP contribution in [0.15, 0.2) is 16.9 Å². The quantitative estimate of drug-likeness (QED) is 0.405. The molecule has 0 aliphatic carbocycles. The van der Waals surface area contributed by atoms with Crippen LogP contribution in [-0.4, -0.2) is 21.4 Å². The van der Waals surface area contributed by atoms with Crippen LogP contribution in [0.3, 0.4) is 0 Å². The highest BCUT2D eigenvalue weighted by molar-refractivity contribution is 6.30. The van der Waals surface area contributed by atoms with E-state index >= 15 is 0 Å². The minimum absolute atomic E-state index is 0.843. The third-order valence-electron chi connectivity index (χ3n) is 0.458. The second-order valence-corrected chi connectivity index (χ2v) is 1.52. The minimum atomic E-state index is 0.843. The van der Waals surface area contributed by atoms with Crippen molar-refractivity contribution in [3.05, 3.63) is 12.3 Å². The monoisotopic (exact) mass is 95.0 g/mol. The van der Waals surface area contributed by atoms with Gasteiger partial charge in [0, 0.05) is 0 Å². The summed E-state index contributed by atoms with van der Waals surface area (Å²) in [7, 11) is 0. The Balaban J connectivity index is 3.05. The van der Waals surface area contributed by atoms with Gasteiger partial charge in [-0.25, -0.2) is 0 Å². The summed E-state index contributed by atoms with van der Waals surface area (Å²) in [4.78, 5) is 0. The van der Waals surface area contributed by atoms with Crippen LogP contribution < -0.4 is 4.56 Å². The van der Waals surface area contributed by atoms with Crippen molar-refractivity contribution in [3.63, 3.8) is 0 Å². The molecule has 0 N–H and O–H groups in total. The summed E-state index contributed by atoms with van der Waals surface area (Å²) in [5, 5.41) is 3.50. The SMILES string of the molecule is [Al][c]1ccon1. The lowest BCUT2D eigenvalue weighted by molar-refractivity contribution is 0.425. The van der Waals surface area contributed by atoms with Crippen LogP contribution in [0.25, 0.3) is 0 Å². The first-order chi connectivity index (χ1) is 2.89. The molecule has 2 nitrogen and oxygen atoms in total. The van der Waals surface area contributed by atoms with Crippen LogP contribution in [0.1, 0.15) is 0 Å². The van der Waals surface area contributed by atoms with Gasteiger partial charge in [0.25, 0.3) is 0 Å². The molecule has 1 heterocycles. The summed E-state index contributed by atoms with van der Waals surface area (Å²) >= 11 is 2.41. The fourth-order valence-electron chi connectivity index (χ4n) is 0.222. The predicted octanol–water partition coefficient (Wildman–Crippen LogP) is -0.532. The molecule has 0 unspecified atom stereocenters. The lowest BCUT2D eigenvalue weighted by atomic mass is 10.8. The fraction of sp³-hybridized carbons (Fsp3) is 0. The van der Waals surface area contributed by atoms with E-state index in [0.29, 0.717) is 0 Å². The van der Waals surface area contributed by atoms with Crippen molar-refractivity contribution in [1.29, 1.82) is 0 Å². The molecule has 28 valence electrons. The molecule has 6 heavy (non-hydrogen) atoms. The molecule has 0 amide bonds. The highest BCUT2D eigenvalue weighted by Crippen LogP contribution is 1.68. The molecule has 2 radical (unpaired) electrons. The van der Waals surface area contributed by atoms with Gasteiger partial charge in [-0.15, -0.1) is 5.16 Å². The van der Waals surface area contributed by atoms with Crippen molar-refractivity contribution in [2.24, 2.45) is 0 Å². The molecule has 1 aromatic rings. The van der Waals surface area contributed by atoms with Gasteiger partial charge in [-0.2, -0.15) is 0 Å². The first-order valence-electron chi connectivity index (χ1n) is 1.55. The summed E-state index contributed by atoms with van der Waals surface area (Å²) in [5.41, 5.74) is 0. The van der Waals surface area contributed by atoms with Gasteiger partial charge in [-0.3, -0.25) is 0 Å². The largest absolute Gasteiger partial charge is 0.366 e. The molecule has 0 aromatic carbocycles. The molecule has 1 aromatic heterocycles. The normalized spacial score (nSPS) is 8.67. The highest BCUT2D eigenvalue weighted by atomic mass is 27.0. The number of rotatable bonds is 0. The second kappa shape index (κ2) is 1.46. The average Bonchev–Trinajstić information content (AvgIpc) is 1.86. The van der Waals surface area contributed by atoms with E-state index < -0.39 is 0 Å². The van der Waals surface area contributed by atoms with Crippen molar-refractivity contribution in [1.82, 2.24) is 5.16 Å². The van der Waals surface area contributed by atoms with E-state index in [-0.39, 0.29) is 0 Å². The van der Waals surface area contributed by atoms with E-state index in [0.717, 1.165) is 4.56 Å². The topological polar surface area (TPSA) is 26.0 Å². The molecule has 0 atom stereocenters. The molecule has 0 spiro atoms. The zero-order chi connectivity index (χ0) is 4.41. The van der Waals surface area contributed by atoms with Gasteiger partial charge >= 0.3 is 0 Å². The van der Waals surface area contributed by atoms with E-state index in [2.05, 4.69) is 26.0 Å². The number of aromatic nitrogens is 1. The summed E-state index contributed by atoms with van der Waals surface area (Å²) in [6.07, 6.45) is 1.53. The molecular weight excluding hydrogens is 93.0 g/mol. The second-order valence-electron chi connectivity index (χ2n) is 0.924. The standard InChI is InChI=1S/C3H2NO.Al/c1-2-4-5-3-1;/h1,3H;. The Kier molecular flexibility index (Phi) is 0.954. The Morgan fingerprint density at radius 1 is 1.83 bits per heavy atom. The van der Waals surface area contributed by atoms with Crippen LogP contribution >= 0.6 is 0 Å². The van der Waals surface area contributed by atoms with Crippen molar-refractivity contribution in [2.75, 3.05) is 0 Å². The lowest BCUT2D eigenvalue weighted by Crippen LogP contribution is -1.98. The van der Waals surface area contributed by atoms with Gasteiger partial charge in [-0.05, 0) is 10.6 Å². The molecule has 3 heteroatoms. The van der Waals surface area contributed by atoms with E-state index in [4.69, 9.17) is 0 Å². The van der Waals surface area contributed by atoms with E-state index in [9.17, 15) is 0 Å². The Morgan fingerprint density at radius 3 is 2.83 bits per heavy atom. The zero-order valence-corrected chi connectivity index (χ0v) is 4.24. The molecule has 0 fully saturated rings. The van der Waals surface area contributed by atoms with E-state index in [1.807, 2.05) is 0 Å². The van der Waals surface area contributed by atoms with Crippen molar-refractivity contribution in [2.45, 2.75) is 0 Å². The predicted molar refractivity (Wildman–Crippen MR) is 21.9 cm³/mol. The maximum absolute atomic E-state index is 4.44. The van der Waals surface area contributed by atoms with Crippen LogP contribution in [0.5, 0.6) is 0 Å². The Labute approximate surface area is 43.6 Å². The Bertz CT molecular complexity index is 114. The third kappa shape index (κ3) is 0.619. The van der Waals surface area contributed by atoms with Crippen molar-refractivity contribution < 1.29 is 4.52 Å². The highest BCUT2D eigenvalue weighted by Gasteiger charge is 1.76. The van der Waals surface area contributed by atoms with Gasteiger partial charge < -0.3 is 4.52 Å². The smallest absolute Gasteiger partial charge is 0.215 e. The average molecular weight is 95.0 g/mol. The molecule has 0 aliphatic heterocycles. The van der Waals surface area contributed by atoms with Gasteiger partial charge in [0.15, 0.2) is 0 Å². The van der Waals surface area contributed by atoms with E-state index in [1.54, 1.807) is 6.07 Å². The van der Waals surface area contributed by atoms with Gasteiger partial charge in [0.1, 0.15) is 6.26 Å². The summed E-state index contributed by atoms with van der Waals surface area (Å²) < 4.78 is 5.29. The summed E-state index contributed by atoms with van der Waals surface area (Å²) in [6.45, 7) is 0. The third-order valence-corrected chi connectivity index (χ3v) is 0.756. The minimum Gasteiger partial charge on any atom is -0.366 e. The Morgan fingerprint density at radius 2 is 2.67 bits per heavy atom. The zero-order valence-electron chi connectivity index (χ0n) is 3.09. The maximum Gasteiger partial charge on any atom is 0.215 e. The molecular formula is C3H2AlNO. The Hall–Kier alpha value is -0.258.